The van der Waals surface area contributed by atoms with E-state index in [9.17, 15) is 4.79 Å². The third kappa shape index (κ3) is 4.57. The molecule has 0 aliphatic carbocycles. The topological polar surface area (TPSA) is 77.2 Å². The van der Waals surface area contributed by atoms with Gasteiger partial charge in [-0.2, -0.15) is 4.98 Å². The Morgan fingerprint density at radius 2 is 1.68 bits per heavy atom. The molecule has 1 saturated heterocycles. The van der Waals surface area contributed by atoms with E-state index in [0.29, 0.717) is 37.8 Å². The number of benzene rings is 2. The quantitative estimate of drug-likeness (QED) is 0.531. The van der Waals surface area contributed by atoms with Gasteiger partial charge in [0.2, 0.25) is 17.6 Å². The normalized spacial score (nSPS) is 16.1. The average Bonchev–Trinajstić information content (AvgIpc) is 3.26. The van der Waals surface area contributed by atoms with E-state index in [2.05, 4.69) is 31.4 Å². The van der Waals surface area contributed by atoms with Crippen LogP contribution in [0.15, 0.2) is 57.5 Å². The van der Waals surface area contributed by atoms with Crippen LogP contribution in [0.1, 0.15) is 45.1 Å². The predicted octanol–water partition coefficient (Wildman–Crippen LogP) is 5.48. The van der Waals surface area contributed by atoms with Crippen LogP contribution in [0.2, 0.25) is 0 Å². The molecule has 1 aliphatic rings. The number of nitrogens with one attached hydrogen (secondary N) is 1. The fourth-order valence-electron chi connectivity index (χ4n) is 3.73. The van der Waals surface area contributed by atoms with Gasteiger partial charge in [-0.05, 0) is 54.8 Å². The maximum Gasteiger partial charge on any atom is 0.235 e. The van der Waals surface area contributed by atoms with E-state index in [1.165, 1.54) is 0 Å². The van der Waals surface area contributed by atoms with Gasteiger partial charge in [0.15, 0.2) is 0 Å². The number of anilines is 1. The van der Waals surface area contributed by atoms with Gasteiger partial charge in [0, 0.05) is 34.4 Å². The lowest BCUT2D eigenvalue weighted by molar-refractivity contribution is -0.125. The lowest BCUT2D eigenvalue weighted by Gasteiger charge is -2.36. The molecule has 2 heterocycles. The van der Waals surface area contributed by atoms with Crippen molar-refractivity contribution in [3.63, 3.8) is 0 Å². The molecule has 0 unspecified atom stereocenters. The molecular formula is C24H26BrN3O3. The summed E-state index contributed by atoms with van der Waals surface area (Å²) in [5, 5.41) is 7.19. The Hall–Kier alpha value is -2.51. The molecule has 4 rings (SSSR count). The van der Waals surface area contributed by atoms with Crippen LogP contribution in [-0.4, -0.2) is 29.3 Å². The van der Waals surface area contributed by atoms with Gasteiger partial charge < -0.3 is 14.6 Å². The lowest BCUT2D eigenvalue weighted by Crippen LogP contribution is -2.44. The molecular weight excluding hydrogens is 458 g/mol. The van der Waals surface area contributed by atoms with Crippen molar-refractivity contribution < 1.29 is 14.1 Å². The Labute approximate surface area is 190 Å². The van der Waals surface area contributed by atoms with Gasteiger partial charge in [-0.25, -0.2) is 0 Å². The summed E-state index contributed by atoms with van der Waals surface area (Å²) < 4.78 is 11.9. The molecule has 3 aromatic rings. The van der Waals surface area contributed by atoms with Crippen molar-refractivity contribution in [2.75, 3.05) is 18.5 Å². The SMILES string of the molecule is CC(C)(C)c1nc(-c2ccc(NC(=O)C3(c4ccc(Br)cc4)CCOCC3)cc2)no1. The summed E-state index contributed by atoms with van der Waals surface area (Å²) in [6, 6.07) is 15.5. The van der Waals surface area contributed by atoms with Gasteiger partial charge >= 0.3 is 0 Å². The molecule has 1 fully saturated rings. The molecule has 1 aromatic heterocycles. The standard InChI is InChI=1S/C24H26BrN3O3/c1-23(2,3)22-27-20(28-31-22)16-4-10-19(11-5-16)26-21(29)24(12-14-30-15-13-24)17-6-8-18(25)9-7-17/h4-11H,12-15H2,1-3H3,(H,26,29). The van der Waals surface area contributed by atoms with Crippen molar-refractivity contribution in [2.45, 2.75) is 44.4 Å². The van der Waals surface area contributed by atoms with E-state index in [4.69, 9.17) is 9.26 Å². The molecule has 7 heteroatoms. The number of carbonyl (C=O) groups excluding carboxylic acids is 1. The molecule has 31 heavy (non-hydrogen) atoms. The fourth-order valence-corrected chi connectivity index (χ4v) is 4.00. The van der Waals surface area contributed by atoms with Gasteiger partial charge in [0.25, 0.3) is 0 Å². The van der Waals surface area contributed by atoms with Crippen molar-refractivity contribution in [3.8, 4) is 11.4 Å². The van der Waals surface area contributed by atoms with Gasteiger partial charge in [0.1, 0.15) is 0 Å². The van der Waals surface area contributed by atoms with Crippen LogP contribution < -0.4 is 5.32 Å². The highest BCUT2D eigenvalue weighted by molar-refractivity contribution is 9.10. The van der Waals surface area contributed by atoms with Gasteiger partial charge in [-0.1, -0.05) is 54.0 Å². The van der Waals surface area contributed by atoms with Crippen LogP contribution >= 0.6 is 15.9 Å². The second-order valence-corrected chi connectivity index (χ2v) is 9.82. The highest BCUT2D eigenvalue weighted by Gasteiger charge is 2.41. The van der Waals surface area contributed by atoms with Crippen LogP contribution in [0.3, 0.4) is 0 Å². The minimum atomic E-state index is -0.604. The lowest BCUT2D eigenvalue weighted by atomic mass is 9.73. The first-order valence-corrected chi connectivity index (χ1v) is 11.2. The molecule has 0 bridgehead atoms. The number of hydrogen-bond donors (Lipinski definition) is 1. The zero-order valence-corrected chi connectivity index (χ0v) is 19.5. The second kappa shape index (κ2) is 8.55. The maximum absolute atomic E-state index is 13.4. The van der Waals surface area contributed by atoms with Crippen LogP contribution in [0.5, 0.6) is 0 Å². The molecule has 2 aromatic carbocycles. The zero-order valence-electron chi connectivity index (χ0n) is 17.9. The summed E-state index contributed by atoms with van der Waals surface area (Å²) in [4.78, 5) is 17.9. The molecule has 6 nitrogen and oxygen atoms in total. The number of rotatable bonds is 4. The first kappa shape index (κ1) is 21.7. The first-order valence-electron chi connectivity index (χ1n) is 10.4. The molecule has 162 valence electrons. The Morgan fingerprint density at radius 3 is 2.26 bits per heavy atom. The molecule has 0 atom stereocenters. The first-order chi connectivity index (χ1) is 14.8. The summed E-state index contributed by atoms with van der Waals surface area (Å²) in [5.74, 6) is 1.12. The highest BCUT2D eigenvalue weighted by atomic mass is 79.9. The number of amides is 1. The largest absolute Gasteiger partial charge is 0.381 e. The van der Waals surface area contributed by atoms with Crippen molar-refractivity contribution in [2.24, 2.45) is 0 Å². The van der Waals surface area contributed by atoms with Gasteiger partial charge in [-0.3, -0.25) is 4.79 Å². The van der Waals surface area contributed by atoms with Gasteiger partial charge in [0.05, 0.1) is 5.41 Å². The smallest absolute Gasteiger partial charge is 0.235 e. The third-order valence-corrected chi connectivity index (χ3v) is 6.18. The minimum Gasteiger partial charge on any atom is -0.381 e. The molecule has 1 amide bonds. The maximum atomic E-state index is 13.4. The fraction of sp³-hybridized carbons (Fsp3) is 0.375. The van der Waals surface area contributed by atoms with E-state index >= 15 is 0 Å². The Balaban J connectivity index is 1.54. The monoisotopic (exact) mass is 483 g/mol. The minimum absolute atomic E-state index is 0.0135. The third-order valence-electron chi connectivity index (χ3n) is 5.65. The highest BCUT2D eigenvalue weighted by Crippen LogP contribution is 2.37. The summed E-state index contributed by atoms with van der Waals surface area (Å²) >= 11 is 3.47. The van der Waals surface area contributed by atoms with Crippen molar-refractivity contribution in [3.05, 3.63) is 64.5 Å². The van der Waals surface area contributed by atoms with Crippen molar-refractivity contribution >= 4 is 27.5 Å². The van der Waals surface area contributed by atoms with E-state index < -0.39 is 5.41 Å². The molecule has 0 radical (unpaired) electrons. The Morgan fingerprint density at radius 1 is 1.03 bits per heavy atom. The summed E-state index contributed by atoms with van der Waals surface area (Å²) in [6.07, 6.45) is 1.30. The van der Waals surface area contributed by atoms with Crippen LogP contribution in [0, 0.1) is 0 Å². The van der Waals surface area contributed by atoms with Crippen molar-refractivity contribution in [1.29, 1.82) is 0 Å². The van der Waals surface area contributed by atoms with E-state index in [0.717, 1.165) is 21.3 Å². The zero-order chi connectivity index (χ0) is 22.1. The number of aromatic nitrogens is 2. The number of nitrogens with zero attached hydrogens (tertiary/aromatic N) is 2. The summed E-state index contributed by atoms with van der Waals surface area (Å²) in [6.45, 7) is 7.22. The molecule has 0 spiro atoms. The van der Waals surface area contributed by atoms with E-state index in [-0.39, 0.29) is 11.3 Å². The van der Waals surface area contributed by atoms with E-state index in [1.807, 2.05) is 69.3 Å². The number of ether oxygens (including phenoxy) is 1. The van der Waals surface area contributed by atoms with Crippen LogP contribution in [0.4, 0.5) is 5.69 Å². The number of halogens is 1. The number of carbonyl (C=O) groups is 1. The predicted molar refractivity (Wildman–Crippen MR) is 123 cm³/mol. The summed E-state index contributed by atoms with van der Waals surface area (Å²) in [7, 11) is 0. The van der Waals surface area contributed by atoms with Gasteiger partial charge in [-0.15, -0.1) is 0 Å². The van der Waals surface area contributed by atoms with Crippen LogP contribution in [0.25, 0.3) is 11.4 Å². The molecule has 0 saturated carbocycles. The second-order valence-electron chi connectivity index (χ2n) is 8.91. The summed E-state index contributed by atoms with van der Waals surface area (Å²) in [5.41, 5.74) is 1.77. The number of hydrogen-bond acceptors (Lipinski definition) is 5. The van der Waals surface area contributed by atoms with Crippen molar-refractivity contribution in [1.82, 2.24) is 10.1 Å². The Kier molecular flexibility index (Phi) is 5.99. The Bertz CT molecular complexity index is 1050. The molecule has 1 aliphatic heterocycles. The van der Waals surface area contributed by atoms with Crippen LogP contribution in [-0.2, 0) is 20.4 Å². The molecule has 1 N–H and O–H groups in total. The average molecular weight is 484 g/mol. The van der Waals surface area contributed by atoms with E-state index in [1.54, 1.807) is 0 Å².